The Morgan fingerprint density at radius 1 is 1.13 bits per heavy atom. The molecule has 0 spiro atoms. The molecule has 2 amide bonds. The van der Waals surface area contributed by atoms with Crippen molar-refractivity contribution in [1.29, 1.82) is 0 Å². The van der Waals surface area contributed by atoms with Crippen molar-refractivity contribution in [3.63, 3.8) is 0 Å². The molecule has 0 unspecified atom stereocenters. The molecule has 11 heteroatoms. The van der Waals surface area contributed by atoms with Gasteiger partial charge in [-0.15, -0.1) is 0 Å². The lowest BCUT2D eigenvalue weighted by molar-refractivity contribution is -0.146. The van der Waals surface area contributed by atoms with Crippen LogP contribution in [0.3, 0.4) is 0 Å². The summed E-state index contributed by atoms with van der Waals surface area (Å²) in [4.78, 5) is 48.7. The molecule has 0 atom stereocenters. The zero-order valence-corrected chi connectivity index (χ0v) is 19.5. The molecule has 0 aliphatic carbocycles. The summed E-state index contributed by atoms with van der Waals surface area (Å²) in [5, 5.41) is -0.544. The van der Waals surface area contributed by atoms with E-state index in [-0.39, 0.29) is 18.1 Å². The van der Waals surface area contributed by atoms with E-state index in [4.69, 9.17) is 14.2 Å². The molecule has 0 radical (unpaired) electrons. The van der Waals surface area contributed by atoms with Crippen LogP contribution < -0.4 is 9.47 Å². The number of carbonyl (C=O) groups is 4. The van der Waals surface area contributed by atoms with Crippen LogP contribution in [0.2, 0.25) is 0 Å². The van der Waals surface area contributed by atoms with Gasteiger partial charge in [-0.1, -0.05) is 0 Å². The lowest BCUT2D eigenvalue weighted by Gasteiger charge is -2.14. The Morgan fingerprint density at radius 3 is 2.50 bits per heavy atom. The van der Waals surface area contributed by atoms with E-state index in [0.29, 0.717) is 27.2 Å². The molecule has 9 nitrogen and oxygen atoms in total. The lowest BCUT2D eigenvalue weighted by atomic mass is 10.2. The predicted molar refractivity (Wildman–Crippen MR) is 117 cm³/mol. The third-order valence-corrected chi connectivity index (χ3v) is 5.37. The van der Waals surface area contributed by atoms with Crippen molar-refractivity contribution in [2.24, 2.45) is 0 Å². The Labute approximate surface area is 191 Å². The molecule has 0 N–H and O–H groups in total. The number of halogens is 1. The number of hydrogen-bond acceptors (Lipinski definition) is 9. The molecule has 1 aliphatic rings. The summed E-state index contributed by atoms with van der Waals surface area (Å²) in [6.07, 6.45) is 1.53. The Balaban J connectivity index is 2.27. The monoisotopic (exact) mass is 549 g/mol. The number of ether oxygens (including phenoxy) is 4. The molecule has 162 valence electrons. The third-order valence-electron chi connectivity index (χ3n) is 3.66. The Kier molecular flexibility index (Phi) is 8.96. The van der Waals surface area contributed by atoms with Gasteiger partial charge < -0.3 is 18.9 Å². The number of carbonyl (C=O) groups excluding carboxylic acids is 4. The van der Waals surface area contributed by atoms with Crippen LogP contribution in [0, 0.1) is 3.57 Å². The van der Waals surface area contributed by atoms with Crippen LogP contribution in [0.15, 0.2) is 17.0 Å². The van der Waals surface area contributed by atoms with Crippen molar-refractivity contribution in [3.8, 4) is 11.5 Å². The van der Waals surface area contributed by atoms with Crippen molar-refractivity contribution < 1.29 is 38.1 Å². The first-order valence-electron chi connectivity index (χ1n) is 8.87. The van der Waals surface area contributed by atoms with Crippen molar-refractivity contribution in [1.82, 2.24) is 4.90 Å². The predicted octanol–water partition coefficient (Wildman–Crippen LogP) is 2.84. The number of hydrogen-bond donors (Lipinski definition) is 0. The van der Waals surface area contributed by atoms with Crippen molar-refractivity contribution in [2.75, 3.05) is 33.5 Å². The average molecular weight is 549 g/mol. The molecule has 1 saturated heterocycles. The highest BCUT2D eigenvalue weighted by Gasteiger charge is 2.36. The van der Waals surface area contributed by atoms with Gasteiger partial charge in [0.1, 0.15) is 6.54 Å². The molecular weight excluding hydrogens is 529 g/mol. The maximum Gasteiger partial charge on any atom is 0.343 e. The van der Waals surface area contributed by atoms with E-state index in [1.165, 1.54) is 13.2 Å². The molecule has 1 aromatic rings. The second-order valence-electron chi connectivity index (χ2n) is 5.70. The number of esters is 2. The zero-order chi connectivity index (χ0) is 22.3. The molecule has 2 rings (SSSR count). The third kappa shape index (κ3) is 6.11. The highest BCUT2D eigenvalue weighted by Crippen LogP contribution is 2.37. The van der Waals surface area contributed by atoms with Crippen LogP contribution in [-0.2, 0) is 23.9 Å². The summed E-state index contributed by atoms with van der Waals surface area (Å²) in [6, 6.07) is 3.35. The summed E-state index contributed by atoms with van der Waals surface area (Å²) in [6.45, 7) is 3.24. The van der Waals surface area contributed by atoms with Crippen molar-refractivity contribution in [2.45, 2.75) is 13.8 Å². The van der Waals surface area contributed by atoms with E-state index < -0.39 is 29.6 Å². The normalized spacial score (nSPS) is 14.8. The molecule has 0 aromatic heterocycles. The summed E-state index contributed by atoms with van der Waals surface area (Å²) in [7, 11) is 1.26. The fraction of sp³-hybridized carbons (Fsp3) is 0.368. The van der Waals surface area contributed by atoms with Crippen LogP contribution >= 0.6 is 34.4 Å². The maximum absolute atomic E-state index is 12.5. The number of thioether (sulfide) groups is 1. The van der Waals surface area contributed by atoms with E-state index in [0.717, 1.165) is 16.7 Å². The van der Waals surface area contributed by atoms with Crippen LogP contribution in [0.25, 0.3) is 6.08 Å². The number of benzene rings is 1. The van der Waals surface area contributed by atoms with Crippen molar-refractivity contribution in [3.05, 3.63) is 26.2 Å². The first-order valence-corrected chi connectivity index (χ1v) is 10.8. The number of imide groups is 1. The first-order chi connectivity index (χ1) is 14.3. The topological polar surface area (TPSA) is 108 Å². The molecule has 30 heavy (non-hydrogen) atoms. The van der Waals surface area contributed by atoms with Gasteiger partial charge in [-0.2, -0.15) is 0 Å². The van der Waals surface area contributed by atoms with Gasteiger partial charge in [0.25, 0.3) is 11.1 Å². The molecular formula is C19H20INO8S. The van der Waals surface area contributed by atoms with E-state index in [1.807, 2.05) is 22.6 Å². The molecule has 1 heterocycles. The van der Waals surface area contributed by atoms with Gasteiger partial charge in [0.2, 0.25) is 0 Å². The van der Waals surface area contributed by atoms with Crippen LogP contribution in [-0.4, -0.2) is 61.5 Å². The molecule has 1 aromatic carbocycles. The maximum atomic E-state index is 12.5. The molecule has 0 bridgehead atoms. The van der Waals surface area contributed by atoms with Gasteiger partial charge in [-0.3, -0.25) is 19.3 Å². The van der Waals surface area contributed by atoms with Crippen LogP contribution in [0.5, 0.6) is 11.5 Å². The fourth-order valence-corrected chi connectivity index (χ4v) is 4.01. The Morgan fingerprint density at radius 2 is 1.87 bits per heavy atom. The number of rotatable bonds is 9. The van der Waals surface area contributed by atoms with Crippen molar-refractivity contribution >= 4 is 63.5 Å². The summed E-state index contributed by atoms with van der Waals surface area (Å²) in [5.74, 6) is -1.01. The van der Waals surface area contributed by atoms with Gasteiger partial charge in [0.15, 0.2) is 18.1 Å². The molecule has 0 saturated carbocycles. The highest BCUT2D eigenvalue weighted by atomic mass is 127. The van der Waals surface area contributed by atoms with E-state index >= 15 is 0 Å². The first kappa shape index (κ1) is 24.0. The quantitative estimate of drug-likeness (QED) is 0.261. The molecule has 1 aliphatic heterocycles. The standard InChI is InChI=1S/C19H20INO8S/c1-4-27-13-7-11(6-12(20)17(13)29-10-16(23)26-3)8-14-18(24)21(19(25)30-14)9-15(22)28-5-2/h6-8H,4-5,9-10H2,1-3H3/b14-8-. The fourth-order valence-electron chi connectivity index (χ4n) is 2.39. The Bertz CT molecular complexity index is 886. The highest BCUT2D eigenvalue weighted by molar-refractivity contribution is 14.1. The van der Waals surface area contributed by atoms with E-state index in [1.54, 1.807) is 26.0 Å². The minimum Gasteiger partial charge on any atom is -0.490 e. The minimum atomic E-state index is -0.652. The average Bonchev–Trinajstić information content (AvgIpc) is 2.95. The minimum absolute atomic E-state index is 0.161. The number of methoxy groups -OCH3 is 1. The van der Waals surface area contributed by atoms with E-state index in [2.05, 4.69) is 4.74 Å². The second-order valence-corrected chi connectivity index (χ2v) is 7.86. The van der Waals surface area contributed by atoms with Gasteiger partial charge >= 0.3 is 11.9 Å². The van der Waals surface area contributed by atoms with E-state index in [9.17, 15) is 19.2 Å². The second kappa shape index (κ2) is 11.2. The van der Waals surface area contributed by atoms with Gasteiger partial charge in [0, 0.05) is 0 Å². The smallest absolute Gasteiger partial charge is 0.343 e. The summed E-state index contributed by atoms with van der Waals surface area (Å²) >= 11 is 2.76. The van der Waals surface area contributed by atoms with Gasteiger partial charge in [-0.25, -0.2) is 4.79 Å². The van der Waals surface area contributed by atoms with Crippen LogP contribution in [0.4, 0.5) is 4.79 Å². The van der Waals surface area contributed by atoms with Gasteiger partial charge in [-0.05, 0) is 72.0 Å². The summed E-state index contributed by atoms with van der Waals surface area (Å²) in [5.41, 5.74) is 0.593. The number of nitrogens with zero attached hydrogens (tertiary/aromatic N) is 1. The Hall–Kier alpha value is -2.28. The number of amides is 2. The largest absolute Gasteiger partial charge is 0.490 e. The molecule has 1 fully saturated rings. The van der Waals surface area contributed by atoms with Gasteiger partial charge in [0.05, 0.1) is 28.8 Å². The SMILES string of the molecule is CCOC(=O)CN1C(=O)S/C(=C\c2cc(I)c(OCC(=O)OC)c(OCC)c2)C1=O. The summed E-state index contributed by atoms with van der Waals surface area (Å²) < 4.78 is 21.1. The van der Waals surface area contributed by atoms with Crippen LogP contribution in [0.1, 0.15) is 19.4 Å². The lowest BCUT2D eigenvalue weighted by Crippen LogP contribution is -2.34. The zero-order valence-electron chi connectivity index (χ0n) is 16.6.